The van der Waals surface area contributed by atoms with E-state index in [2.05, 4.69) is 17.9 Å². The molecule has 1 rings (SSSR count). The third-order valence-corrected chi connectivity index (χ3v) is 1.69. The minimum absolute atomic E-state index is 0.120. The Hall–Kier alpha value is -1.00. The van der Waals surface area contributed by atoms with Crippen molar-refractivity contribution in [2.75, 3.05) is 6.54 Å². The highest BCUT2D eigenvalue weighted by Crippen LogP contribution is 1.97. The van der Waals surface area contributed by atoms with E-state index in [1.807, 2.05) is 18.2 Å². The summed E-state index contributed by atoms with van der Waals surface area (Å²) in [4.78, 5) is 11.3. The predicted octanol–water partition coefficient (Wildman–Crippen LogP) is 0.631. The molecule has 3 nitrogen and oxygen atoms in total. The number of nitrogens with two attached hydrogens (primary N) is 1. The number of carbonyl (C=O) groups excluding carboxylic acids is 1. The number of nitrogens with one attached hydrogen (secondary N) is 1. The van der Waals surface area contributed by atoms with Crippen molar-refractivity contribution in [2.45, 2.75) is 5.37 Å². The molecule has 1 aromatic carbocycles. The molecule has 13 heavy (non-hydrogen) atoms. The highest BCUT2D eigenvalue weighted by atomic mass is 32.1. The third kappa shape index (κ3) is 3.48. The highest BCUT2D eigenvalue weighted by molar-refractivity contribution is 7.80. The lowest BCUT2D eigenvalue weighted by atomic mass is 10.2. The van der Waals surface area contributed by atoms with Crippen LogP contribution >= 0.6 is 12.6 Å². The van der Waals surface area contributed by atoms with Crippen LogP contribution in [-0.4, -0.2) is 17.8 Å². The first-order chi connectivity index (χ1) is 6.20. The van der Waals surface area contributed by atoms with E-state index in [1.165, 1.54) is 0 Å². The number of thiol groups is 1. The summed E-state index contributed by atoms with van der Waals surface area (Å²) >= 11 is 3.95. The molecule has 0 saturated carbocycles. The molecule has 0 fully saturated rings. The van der Waals surface area contributed by atoms with Crippen LogP contribution in [0, 0.1) is 0 Å². The van der Waals surface area contributed by atoms with Crippen LogP contribution < -0.4 is 11.1 Å². The summed E-state index contributed by atoms with van der Waals surface area (Å²) in [5.41, 5.74) is 6.00. The molecule has 0 radical (unpaired) electrons. The van der Waals surface area contributed by atoms with Crippen molar-refractivity contribution in [1.82, 2.24) is 5.32 Å². The minimum Gasteiger partial charge on any atom is -0.350 e. The van der Waals surface area contributed by atoms with E-state index in [9.17, 15) is 4.79 Å². The molecular weight excluding hydrogens is 184 g/mol. The zero-order valence-corrected chi connectivity index (χ0v) is 8.00. The van der Waals surface area contributed by atoms with Crippen molar-refractivity contribution in [1.29, 1.82) is 0 Å². The molecular formula is C9H12N2OS. The summed E-state index contributed by atoms with van der Waals surface area (Å²) in [5, 5.41) is 2.35. The van der Waals surface area contributed by atoms with Crippen molar-refractivity contribution >= 4 is 18.5 Å². The normalized spacial score (nSPS) is 12.2. The second-order valence-corrected chi connectivity index (χ2v) is 3.31. The van der Waals surface area contributed by atoms with Crippen molar-refractivity contribution in [2.24, 2.45) is 5.73 Å². The van der Waals surface area contributed by atoms with Gasteiger partial charge in [0.25, 0.3) is 5.91 Å². The number of rotatable bonds is 3. The Morgan fingerprint density at radius 3 is 2.62 bits per heavy atom. The Balaban J connectivity index is 2.50. The quantitative estimate of drug-likeness (QED) is 0.490. The Labute approximate surface area is 82.7 Å². The van der Waals surface area contributed by atoms with Gasteiger partial charge in [0.05, 0.1) is 5.37 Å². The maximum Gasteiger partial charge on any atom is 0.251 e. The summed E-state index contributed by atoms with van der Waals surface area (Å²) in [6, 6.07) is 8.99. The summed E-state index contributed by atoms with van der Waals surface area (Å²) in [6.45, 7) is 0.372. The molecule has 0 bridgehead atoms. The molecule has 3 N–H and O–H groups in total. The van der Waals surface area contributed by atoms with Gasteiger partial charge in [0.2, 0.25) is 0 Å². The van der Waals surface area contributed by atoms with Crippen molar-refractivity contribution in [3.05, 3.63) is 35.9 Å². The monoisotopic (exact) mass is 196 g/mol. The van der Waals surface area contributed by atoms with E-state index in [4.69, 9.17) is 5.73 Å². The van der Waals surface area contributed by atoms with E-state index < -0.39 is 0 Å². The number of hydrogen-bond acceptors (Lipinski definition) is 3. The maximum absolute atomic E-state index is 11.3. The maximum atomic E-state index is 11.3. The van der Waals surface area contributed by atoms with Gasteiger partial charge < -0.3 is 11.1 Å². The first kappa shape index (κ1) is 10.1. The van der Waals surface area contributed by atoms with Crippen molar-refractivity contribution < 1.29 is 4.79 Å². The fraction of sp³-hybridized carbons (Fsp3) is 0.222. The van der Waals surface area contributed by atoms with Crippen LogP contribution in [0.25, 0.3) is 0 Å². The van der Waals surface area contributed by atoms with E-state index in [0.29, 0.717) is 12.1 Å². The SMILES string of the molecule is NC(S)CNC(=O)c1ccccc1. The first-order valence-corrected chi connectivity index (χ1v) is 4.48. The fourth-order valence-electron chi connectivity index (χ4n) is 0.889. The van der Waals surface area contributed by atoms with Gasteiger partial charge in [-0.1, -0.05) is 18.2 Å². The lowest BCUT2D eigenvalue weighted by molar-refractivity contribution is 0.0954. The summed E-state index contributed by atoms with van der Waals surface area (Å²) in [6.07, 6.45) is 0. The molecule has 1 unspecified atom stereocenters. The fourth-order valence-corrected chi connectivity index (χ4v) is 0.980. The van der Waals surface area contributed by atoms with Crippen LogP contribution in [0.15, 0.2) is 30.3 Å². The van der Waals surface area contributed by atoms with Gasteiger partial charge in [0, 0.05) is 12.1 Å². The lowest BCUT2D eigenvalue weighted by Crippen LogP contribution is -2.33. The third-order valence-electron chi connectivity index (χ3n) is 1.51. The molecule has 1 aromatic rings. The number of carbonyl (C=O) groups is 1. The molecule has 0 aliphatic heterocycles. The Morgan fingerprint density at radius 2 is 2.08 bits per heavy atom. The zero-order valence-electron chi connectivity index (χ0n) is 7.10. The van der Waals surface area contributed by atoms with Crippen LogP contribution in [0.5, 0.6) is 0 Å². The lowest BCUT2D eigenvalue weighted by Gasteiger charge is -2.06. The molecule has 1 amide bonds. The highest BCUT2D eigenvalue weighted by Gasteiger charge is 2.03. The molecule has 0 aliphatic rings. The molecule has 0 heterocycles. The van der Waals surface area contributed by atoms with E-state index in [1.54, 1.807) is 12.1 Å². The van der Waals surface area contributed by atoms with Gasteiger partial charge in [-0.2, -0.15) is 12.6 Å². The van der Waals surface area contributed by atoms with Crippen molar-refractivity contribution in [3.8, 4) is 0 Å². The van der Waals surface area contributed by atoms with Crippen LogP contribution in [0.2, 0.25) is 0 Å². The summed E-state index contributed by atoms with van der Waals surface area (Å²) in [5.74, 6) is -0.120. The molecule has 4 heteroatoms. The van der Waals surface area contributed by atoms with Crippen molar-refractivity contribution in [3.63, 3.8) is 0 Å². The average Bonchev–Trinajstić information content (AvgIpc) is 2.15. The summed E-state index contributed by atoms with van der Waals surface area (Å²) < 4.78 is 0. The Kier molecular flexibility index (Phi) is 3.79. The number of hydrogen-bond donors (Lipinski definition) is 3. The van der Waals surface area contributed by atoms with E-state index in [0.717, 1.165) is 0 Å². The molecule has 0 saturated heterocycles. The smallest absolute Gasteiger partial charge is 0.251 e. The number of benzene rings is 1. The van der Waals surface area contributed by atoms with Gasteiger partial charge in [-0.05, 0) is 12.1 Å². The van der Waals surface area contributed by atoms with Gasteiger partial charge in [0.1, 0.15) is 0 Å². The van der Waals surface area contributed by atoms with Gasteiger partial charge in [-0.25, -0.2) is 0 Å². The number of amides is 1. The second-order valence-electron chi connectivity index (χ2n) is 2.64. The molecule has 0 spiro atoms. The van der Waals surface area contributed by atoms with E-state index in [-0.39, 0.29) is 11.3 Å². The predicted molar refractivity (Wildman–Crippen MR) is 55.7 cm³/mol. The molecule has 1 atom stereocenters. The molecule has 0 aliphatic carbocycles. The van der Waals surface area contributed by atoms with Crippen LogP contribution in [0.1, 0.15) is 10.4 Å². The first-order valence-electron chi connectivity index (χ1n) is 3.97. The largest absolute Gasteiger partial charge is 0.350 e. The van der Waals surface area contributed by atoms with Crippen LogP contribution in [0.3, 0.4) is 0 Å². The topological polar surface area (TPSA) is 55.1 Å². The average molecular weight is 196 g/mol. The van der Waals surface area contributed by atoms with Crippen LogP contribution in [0.4, 0.5) is 0 Å². The van der Waals surface area contributed by atoms with E-state index >= 15 is 0 Å². The standard InChI is InChI=1S/C9H12N2OS/c10-8(13)6-11-9(12)7-4-2-1-3-5-7/h1-5,8,13H,6,10H2,(H,11,12). The van der Waals surface area contributed by atoms with Gasteiger partial charge in [-0.15, -0.1) is 0 Å². The molecule has 0 aromatic heterocycles. The Bertz CT molecular complexity index is 274. The molecule has 70 valence electrons. The van der Waals surface area contributed by atoms with Gasteiger partial charge in [0.15, 0.2) is 0 Å². The second kappa shape index (κ2) is 4.89. The Morgan fingerprint density at radius 1 is 1.46 bits per heavy atom. The minimum atomic E-state index is -0.312. The van der Waals surface area contributed by atoms with Crippen LogP contribution in [-0.2, 0) is 0 Å². The van der Waals surface area contributed by atoms with Gasteiger partial charge >= 0.3 is 0 Å². The van der Waals surface area contributed by atoms with Gasteiger partial charge in [-0.3, -0.25) is 4.79 Å². The summed E-state index contributed by atoms with van der Waals surface area (Å²) in [7, 11) is 0. The zero-order chi connectivity index (χ0) is 9.68.